The van der Waals surface area contributed by atoms with Crippen molar-refractivity contribution in [2.24, 2.45) is 0 Å². The number of hydrogen-bond acceptors (Lipinski definition) is 3. The van der Waals surface area contributed by atoms with E-state index < -0.39 is 8.32 Å². The van der Waals surface area contributed by atoms with Crippen molar-refractivity contribution in [3.8, 4) is 0 Å². The van der Waals surface area contributed by atoms with Gasteiger partial charge in [0.15, 0.2) is 14.6 Å². The largest absolute Gasteiger partial charge is 0.413 e. The van der Waals surface area contributed by atoms with Crippen molar-refractivity contribution in [2.75, 3.05) is 0 Å². The molecule has 0 spiro atoms. The van der Waals surface area contributed by atoms with Gasteiger partial charge in [-0.3, -0.25) is 4.79 Å². The molecule has 140 valence electrons. The zero-order chi connectivity index (χ0) is 19.5. The zero-order valence-corrected chi connectivity index (χ0v) is 19.1. The van der Waals surface area contributed by atoms with E-state index >= 15 is 0 Å². The number of carbonyl (C=O) groups is 1. The first-order valence-electron chi connectivity index (χ1n) is 8.39. The molecule has 2 aromatic rings. The monoisotopic (exact) mass is 426 g/mol. The number of benzene rings is 2. The fourth-order valence-electron chi connectivity index (χ4n) is 2.03. The maximum absolute atomic E-state index is 11.0. The summed E-state index contributed by atoms with van der Waals surface area (Å²) < 4.78 is 6.37. The highest BCUT2D eigenvalue weighted by Gasteiger charge is 2.37. The predicted molar refractivity (Wildman–Crippen MR) is 114 cm³/mol. The van der Waals surface area contributed by atoms with Crippen LogP contribution in [0.1, 0.15) is 36.7 Å². The number of rotatable bonds is 6. The van der Waals surface area contributed by atoms with E-state index in [2.05, 4.69) is 39.9 Å². The first kappa shape index (κ1) is 21.5. The van der Waals surface area contributed by atoms with E-state index in [1.54, 1.807) is 6.07 Å². The molecular formula is C20H24Cl2O2SSi. The smallest absolute Gasteiger partial charge is 0.192 e. The lowest BCUT2D eigenvalue weighted by atomic mass is 10.2. The molecule has 0 radical (unpaired) electrons. The van der Waals surface area contributed by atoms with Crippen LogP contribution in [0.2, 0.25) is 28.2 Å². The Morgan fingerprint density at radius 2 is 1.69 bits per heavy atom. The van der Waals surface area contributed by atoms with E-state index in [0.29, 0.717) is 28.5 Å². The quantitative estimate of drug-likeness (QED) is 0.353. The maximum Gasteiger partial charge on any atom is 0.192 e. The Morgan fingerprint density at radius 3 is 2.31 bits per heavy atom. The minimum Gasteiger partial charge on any atom is -0.413 e. The third kappa shape index (κ3) is 4.93. The molecule has 6 heteroatoms. The van der Waals surface area contributed by atoms with Crippen molar-refractivity contribution >= 4 is 49.6 Å². The second-order valence-electron chi connectivity index (χ2n) is 7.66. The highest BCUT2D eigenvalue weighted by molar-refractivity contribution is 7.99. The van der Waals surface area contributed by atoms with Gasteiger partial charge in [-0.05, 0) is 41.9 Å². The second kappa shape index (κ2) is 8.49. The molecule has 0 fully saturated rings. The lowest BCUT2D eigenvalue weighted by Crippen LogP contribution is -2.40. The molecule has 0 unspecified atom stereocenters. The summed E-state index contributed by atoms with van der Waals surface area (Å²) in [7, 11) is -1.83. The first-order valence-corrected chi connectivity index (χ1v) is 12.9. The van der Waals surface area contributed by atoms with Crippen LogP contribution in [0.3, 0.4) is 0 Å². The molecule has 0 aliphatic heterocycles. The fourth-order valence-corrected chi connectivity index (χ4v) is 4.50. The lowest BCUT2D eigenvalue weighted by Gasteiger charge is -2.36. The number of halogens is 2. The van der Waals surface area contributed by atoms with Gasteiger partial charge >= 0.3 is 0 Å². The van der Waals surface area contributed by atoms with Crippen LogP contribution in [0, 0.1) is 0 Å². The van der Waals surface area contributed by atoms with Gasteiger partial charge in [-0.2, -0.15) is 0 Å². The third-order valence-electron chi connectivity index (χ3n) is 4.79. The molecule has 2 nitrogen and oxygen atoms in total. The van der Waals surface area contributed by atoms with Gasteiger partial charge in [0.05, 0.1) is 16.7 Å². The molecule has 0 saturated heterocycles. The molecule has 0 aliphatic carbocycles. The molecule has 0 heterocycles. The van der Waals surface area contributed by atoms with Crippen molar-refractivity contribution < 1.29 is 9.22 Å². The third-order valence-corrected chi connectivity index (χ3v) is 11.5. The van der Waals surface area contributed by atoms with Crippen molar-refractivity contribution in [2.45, 2.75) is 55.3 Å². The molecule has 0 N–H and O–H groups in total. The Bertz CT molecular complexity index is 801. The second-order valence-corrected chi connectivity index (χ2v) is 14.3. The van der Waals surface area contributed by atoms with Crippen LogP contribution in [0.4, 0.5) is 0 Å². The van der Waals surface area contributed by atoms with Crippen molar-refractivity contribution in [3.05, 3.63) is 57.6 Å². The molecular weight excluding hydrogens is 403 g/mol. The minimum absolute atomic E-state index is 0.163. The van der Waals surface area contributed by atoms with Gasteiger partial charge < -0.3 is 4.43 Å². The first-order chi connectivity index (χ1) is 12.1. The van der Waals surface area contributed by atoms with E-state index in [9.17, 15) is 4.79 Å². The van der Waals surface area contributed by atoms with Gasteiger partial charge in [0.1, 0.15) is 0 Å². The molecule has 0 aromatic heterocycles. The maximum atomic E-state index is 11.0. The van der Waals surface area contributed by atoms with Gasteiger partial charge in [-0.25, -0.2) is 0 Å². The van der Waals surface area contributed by atoms with Gasteiger partial charge in [0.2, 0.25) is 0 Å². The molecule has 2 rings (SSSR count). The van der Waals surface area contributed by atoms with Crippen molar-refractivity contribution in [1.82, 2.24) is 0 Å². The topological polar surface area (TPSA) is 26.3 Å². The molecule has 0 bridgehead atoms. The average molecular weight is 427 g/mol. The average Bonchev–Trinajstić information content (AvgIpc) is 2.57. The predicted octanol–water partition coefficient (Wildman–Crippen LogP) is 7.48. The van der Waals surface area contributed by atoms with Crippen LogP contribution < -0.4 is 0 Å². The van der Waals surface area contributed by atoms with Crippen LogP contribution in [-0.2, 0) is 11.0 Å². The van der Waals surface area contributed by atoms with Crippen LogP contribution in [0.5, 0.6) is 0 Å². The Morgan fingerprint density at radius 1 is 1.04 bits per heavy atom. The van der Waals surface area contributed by atoms with Crippen LogP contribution in [0.25, 0.3) is 0 Å². The Balaban J connectivity index is 2.25. The highest BCUT2D eigenvalue weighted by Crippen LogP contribution is 2.41. The Hall–Kier alpha value is -0.783. The standard InChI is InChI=1S/C20H24Cl2O2SSi/c1-20(2,3)26(4,5)24-13-15-8-6-7-9-16(15)25-17-11-10-14(12-23)18(21)19(17)22/h6-12H,13H2,1-5H3. The van der Waals surface area contributed by atoms with E-state index in [0.717, 1.165) is 15.4 Å². The Labute approximate surface area is 171 Å². The molecule has 2 aromatic carbocycles. The SMILES string of the molecule is CC(C)(C)[Si](C)(C)OCc1ccccc1Sc1ccc(C=O)c(Cl)c1Cl. The number of hydrogen-bond donors (Lipinski definition) is 0. The van der Waals surface area contributed by atoms with E-state index in [-0.39, 0.29) is 5.04 Å². The van der Waals surface area contributed by atoms with E-state index in [1.165, 1.54) is 11.8 Å². The van der Waals surface area contributed by atoms with Crippen molar-refractivity contribution in [3.63, 3.8) is 0 Å². The van der Waals surface area contributed by atoms with Gasteiger partial charge in [0.25, 0.3) is 0 Å². The molecule has 0 amide bonds. The summed E-state index contributed by atoms with van der Waals surface area (Å²) in [5, 5.41) is 0.861. The zero-order valence-electron chi connectivity index (χ0n) is 15.7. The molecule has 26 heavy (non-hydrogen) atoms. The molecule has 0 saturated carbocycles. The summed E-state index contributed by atoms with van der Waals surface area (Å²) in [4.78, 5) is 12.9. The van der Waals surface area contributed by atoms with Crippen LogP contribution in [-0.4, -0.2) is 14.6 Å². The fraction of sp³-hybridized carbons (Fsp3) is 0.350. The van der Waals surface area contributed by atoms with E-state index in [4.69, 9.17) is 27.6 Å². The number of carbonyl (C=O) groups excluding carboxylic acids is 1. The summed E-state index contributed by atoms with van der Waals surface area (Å²) in [6, 6.07) is 11.6. The van der Waals surface area contributed by atoms with E-state index in [1.807, 2.05) is 24.3 Å². The lowest BCUT2D eigenvalue weighted by molar-refractivity contribution is 0.112. The Kier molecular flexibility index (Phi) is 7.02. The van der Waals surface area contributed by atoms with Gasteiger partial charge in [-0.1, -0.05) is 73.9 Å². The van der Waals surface area contributed by atoms with Crippen LogP contribution in [0.15, 0.2) is 46.2 Å². The molecule has 0 atom stereocenters. The summed E-state index contributed by atoms with van der Waals surface area (Å²) in [6.07, 6.45) is 0.712. The van der Waals surface area contributed by atoms with Gasteiger partial charge in [0, 0.05) is 15.4 Å². The minimum atomic E-state index is -1.83. The summed E-state index contributed by atoms with van der Waals surface area (Å²) >= 11 is 14.1. The van der Waals surface area contributed by atoms with Gasteiger partial charge in [-0.15, -0.1) is 0 Å². The summed E-state index contributed by atoms with van der Waals surface area (Å²) in [6.45, 7) is 11.8. The highest BCUT2D eigenvalue weighted by atomic mass is 35.5. The number of aldehydes is 1. The normalized spacial score (nSPS) is 12.3. The summed E-state index contributed by atoms with van der Waals surface area (Å²) in [5.74, 6) is 0. The van der Waals surface area contributed by atoms with Crippen molar-refractivity contribution in [1.29, 1.82) is 0 Å². The molecule has 0 aliphatic rings. The van der Waals surface area contributed by atoms with Crippen LogP contribution >= 0.6 is 35.0 Å². The summed E-state index contributed by atoms with van der Waals surface area (Å²) in [5.41, 5.74) is 1.52.